The van der Waals surface area contributed by atoms with E-state index in [1.54, 1.807) is 24.4 Å². The third-order valence-electron chi connectivity index (χ3n) is 3.98. The minimum atomic E-state index is -2.81. The summed E-state index contributed by atoms with van der Waals surface area (Å²) in [5.74, 6) is 0.291. The van der Waals surface area contributed by atoms with Gasteiger partial charge in [0.25, 0.3) is 5.89 Å². The third-order valence-corrected chi connectivity index (χ3v) is 3.98. The van der Waals surface area contributed by atoms with Gasteiger partial charge in [-0.3, -0.25) is 4.98 Å². The number of pyridine rings is 1. The number of morpholine rings is 1. The van der Waals surface area contributed by atoms with Crippen LogP contribution in [0.5, 0.6) is 5.88 Å². The first kappa shape index (κ1) is 18.2. The Balaban J connectivity index is 1.38. The minimum Gasteiger partial charge on any atom is -0.471 e. The Bertz CT molecular complexity index is 915. The van der Waals surface area contributed by atoms with Crippen LogP contribution < -0.4 is 9.64 Å². The molecule has 28 heavy (non-hydrogen) atoms. The number of aromatic nitrogens is 5. The summed E-state index contributed by atoms with van der Waals surface area (Å²) in [6, 6.07) is 5.00. The third kappa shape index (κ3) is 4.19. The van der Waals surface area contributed by atoms with Crippen LogP contribution in [0.3, 0.4) is 0 Å². The predicted molar refractivity (Wildman–Crippen MR) is 91.9 cm³/mol. The Hall–Kier alpha value is -3.21. The van der Waals surface area contributed by atoms with Gasteiger partial charge in [-0.15, -0.1) is 10.2 Å². The van der Waals surface area contributed by atoms with Crippen molar-refractivity contribution in [3.05, 3.63) is 42.2 Å². The van der Waals surface area contributed by atoms with Gasteiger partial charge >= 0.3 is 6.43 Å². The fourth-order valence-electron chi connectivity index (χ4n) is 2.55. The zero-order chi connectivity index (χ0) is 19.3. The fraction of sp³-hybridized carbons (Fsp3) is 0.353. The Kier molecular flexibility index (Phi) is 5.33. The first-order chi connectivity index (χ1) is 13.7. The Morgan fingerprint density at radius 1 is 1.11 bits per heavy atom. The quantitative estimate of drug-likeness (QED) is 0.627. The smallest absolute Gasteiger partial charge is 0.314 e. The Labute approximate surface area is 158 Å². The van der Waals surface area contributed by atoms with E-state index in [1.165, 1.54) is 6.20 Å². The molecule has 0 radical (unpaired) electrons. The van der Waals surface area contributed by atoms with Gasteiger partial charge in [-0.25, -0.2) is 4.98 Å². The van der Waals surface area contributed by atoms with Crippen LogP contribution in [0.4, 0.5) is 14.7 Å². The first-order valence-electron chi connectivity index (χ1n) is 8.54. The molecule has 4 rings (SSSR count). The van der Waals surface area contributed by atoms with E-state index in [4.69, 9.17) is 13.9 Å². The van der Waals surface area contributed by atoms with E-state index in [2.05, 4.69) is 25.1 Å². The SMILES string of the molecule is FC(F)c1nnc(-c2ccc(COc3ccnc(N4CCOCC4)n3)nc2)o1. The molecular formula is C17H16F2N6O3. The number of anilines is 1. The molecule has 0 spiro atoms. The van der Waals surface area contributed by atoms with Crippen molar-refractivity contribution < 1.29 is 22.7 Å². The van der Waals surface area contributed by atoms with Crippen LogP contribution in [0.25, 0.3) is 11.5 Å². The van der Waals surface area contributed by atoms with Crippen molar-refractivity contribution in [1.82, 2.24) is 25.1 Å². The van der Waals surface area contributed by atoms with E-state index in [1.807, 2.05) is 4.90 Å². The van der Waals surface area contributed by atoms with Gasteiger partial charge in [-0.1, -0.05) is 0 Å². The molecule has 0 N–H and O–H groups in total. The predicted octanol–water partition coefficient (Wildman–Crippen LogP) is 2.27. The molecule has 0 aliphatic carbocycles. The molecule has 0 amide bonds. The number of rotatable bonds is 6. The largest absolute Gasteiger partial charge is 0.471 e. The second kappa shape index (κ2) is 8.21. The maximum Gasteiger partial charge on any atom is 0.314 e. The molecule has 11 heteroatoms. The lowest BCUT2D eigenvalue weighted by atomic mass is 10.2. The van der Waals surface area contributed by atoms with E-state index in [0.717, 1.165) is 13.1 Å². The number of alkyl halides is 2. The molecule has 0 aromatic carbocycles. The lowest BCUT2D eigenvalue weighted by molar-refractivity contribution is 0.116. The zero-order valence-corrected chi connectivity index (χ0v) is 14.7. The molecule has 0 bridgehead atoms. The van der Waals surface area contributed by atoms with Crippen LogP contribution in [0, 0.1) is 0 Å². The molecule has 0 atom stereocenters. The van der Waals surface area contributed by atoms with Crippen molar-refractivity contribution in [2.75, 3.05) is 31.2 Å². The lowest BCUT2D eigenvalue weighted by Crippen LogP contribution is -2.37. The molecule has 0 saturated carbocycles. The molecule has 1 saturated heterocycles. The molecule has 3 aromatic heterocycles. The van der Waals surface area contributed by atoms with Gasteiger partial charge in [0.2, 0.25) is 17.7 Å². The van der Waals surface area contributed by atoms with E-state index in [9.17, 15) is 8.78 Å². The highest BCUT2D eigenvalue weighted by Crippen LogP contribution is 2.23. The topological polar surface area (TPSA) is 99.3 Å². The summed E-state index contributed by atoms with van der Waals surface area (Å²) in [6.07, 6.45) is 0.289. The Morgan fingerprint density at radius 3 is 2.68 bits per heavy atom. The molecule has 1 aliphatic rings. The standard InChI is InChI=1S/C17H16F2N6O3/c18-14(19)16-24-23-15(28-16)11-1-2-12(21-9-11)10-27-13-3-4-20-17(22-13)25-5-7-26-8-6-25/h1-4,9,14H,5-8,10H2. The van der Waals surface area contributed by atoms with Crippen LogP contribution in [0.2, 0.25) is 0 Å². The average molecular weight is 390 g/mol. The molecule has 0 unspecified atom stereocenters. The first-order valence-corrected chi connectivity index (χ1v) is 8.54. The van der Waals surface area contributed by atoms with Crippen molar-refractivity contribution in [3.63, 3.8) is 0 Å². The number of ether oxygens (including phenoxy) is 2. The molecule has 146 valence electrons. The maximum atomic E-state index is 12.5. The summed E-state index contributed by atoms with van der Waals surface area (Å²) in [5.41, 5.74) is 1.07. The van der Waals surface area contributed by atoms with Gasteiger partial charge in [0.1, 0.15) is 6.61 Å². The molecule has 3 aromatic rings. The molecule has 4 heterocycles. The van der Waals surface area contributed by atoms with Gasteiger partial charge in [0, 0.05) is 31.5 Å². The zero-order valence-electron chi connectivity index (χ0n) is 14.7. The summed E-state index contributed by atoms with van der Waals surface area (Å²) in [4.78, 5) is 14.9. The summed E-state index contributed by atoms with van der Waals surface area (Å²) in [6.45, 7) is 2.93. The maximum absolute atomic E-state index is 12.5. The van der Waals surface area contributed by atoms with Crippen molar-refractivity contribution in [3.8, 4) is 17.3 Å². The Morgan fingerprint density at radius 2 is 1.96 bits per heavy atom. The molecular weight excluding hydrogens is 374 g/mol. The van der Waals surface area contributed by atoms with Crippen LogP contribution in [-0.4, -0.2) is 51.5 Å². The summed E-state index contributed by atoms with van der Waals surface area (Å²) in [7, 11) is 0. The van der Waals surface area contributed by atoms with E-state index in [-0.39, 0.29) is 12.5 Å². The number of hydrogen-bond donors (Lipinski definition) is 0. The molecule has 1 aliphatic heterocycles. The van der Waals surface area contributed by atoms with E-state index >= 15 is 0 Å². The summed E-state index contributed by atoms with van der Waals surface area (Å²) < 4.78 is 40.9. The highest BCUT2D eigenvalue weighted by atomic mass is 19.3. The highest BCUT2D eigenvalue weighted by molar-refractivity contribution is 5.50. The summed E-state index contributed by atoms with van der Waals surface area (Å²) >= 11 is 0. The van der Waals surface area contributed by atoms with Gasteiger partial charge in [-0.05, 0) is 12.1 Å². The van der Waals surface area contributed by atoms with Crippen LogP contribution in [-0.2, 0) is 11.3 Å². The number of nitrogens with zero attached hydrogens (tertiary/aromatic N) is 6. The van der Waals surface area contributed by atoms with Crippen LogP contribution >= 0.6 is 0 Å². The van der Waals surface area contributed by atoms with E-state index < -0.39 is 12.3 Å². The molecule has 9 nitrogen and oxygen atoms in total. The minimum absolute atomic E-state index is 0.0128. The van der Waals surface area contributed by atoms with Crippen LogP contribution in [0.1, 0.15) is 18.0 Å². The fourth-order valence-corrected chi connectivity index (χ4v) is 2.55. The van der Waals surface area contributed by atoms with Crippen molar-refractivity contribution in [2.24, 2.45) is 0 Å². The lowest BCUT2D eigenvalue weighted by Gasteiger charge is -2.26. The number of hydrogen-bond acceptors (Lipinski definition) is 9. The second-order valence-corrected chi connectivity index (χ2v) is 5.87. The molecule has 1 fully saturated rings. The van der Waals surface area contributed by atoms with E-state index in [0.29, 0.717) is 36.3 Å². The van der Waals surface area contributed by atoms with Gasteiger partial charge < -0.3 is 18.8 Å². The van der Waals surface area contributed by atoms with Gasteiger partial charge in [0.05, 0.1) is 24.5 Å². The van der Waals surface area contributed by atoms with Crippen LogP contribution in [0.15, 0.2) is 35.0 Å². The number of halogens is 2. The summed E-state index contributed by atoms with van der Waals surface area (Å²) in [5, 5.41) is 6.88. The average Bonchev–Trinajstić information content (AvgIpc) is 3.24. The van der Waals surface area contributed by atoms with Gasteiger partial charge in [0.15, 0.2) is 0 Å². The highest BCUT2D eigenvalue weighted by Gasteiger charge is 2.17. The normalized spacial score (nSPS) is 14.5. The van der Waals surface area contributed by atoms with Crippen molar-refractivity contribution in [2.45, 2.75) is 13.0 Å². The van der Waals surface area contributed by atoms with Crippen molar-refractivity contribution in [1.29, 1.82) is 0 Å². The van der Waals surface area contributed by atoms with Crippen molar-refractivity contribution >= 4 is 5.95 Å². The van der Waals surface area contributed by atoms with Gasteiger partial charge in [-0.2, -0.15) is 13.8 Å². The monoisotopic (exact) mass is 390 g/mol. The second-order valence-electron chi connectivity index (χ2n) is 5.87.